The van der Waals surface area contributed by atoms with Crippen LogP contribution in [0.15, 0.2) is 82.2 Å². The van der Waals surface area contributed by atoms with Crippen molar-refractivity contribution in [2.45, 2.75) is 13.8 Å². The number of amides is 1. The van der Waals surface area contributed by atoms with Gasteiger partial charge in [-0.3, -0.25) is 4.79 Å². The minimum Gasteiger partial charge on any atom is -0.545 e. The SMILES string of the molecule is CCOc1cccc2cc(C(=O)Nc3cccc(C)c3)c(=Nc3ccc(C(=O)[O-])cc3)oc12. The molecule has 0 fully saturated rings. The average Bonchev–Trinajstić information content (AvgIpc) is 2.79. The minimum atomic E-state index is -1.28. The second-order valence-electron chi connectivity index (χ2n) is 7.34. The van der Waals surface area contributed by atoms with Crippen LogP contribution in [0.5, 0.6) is 5.75 Å². The molecule has 3 aromatic carbocycles. The van der Waals surface area contributed by atoms with Crippen molar-refractivity contribution >= 4 is 34.2 Å². The van der Waals surface area contributed by atoms with E-state index >= 15 is 0 Å². The summed E-state index contributed by atoms with van der Waals surface area (Å²) in [7, 11) is 0. The van der Waals surface area contributed by atoms with Gasteiger partial charge in [0.2, 0.25) is 5.55 Å². The molecule has 0 bridgehead atoms. The summed E-state index contributed by atoms with van der Waals surface area (Å²) in [4.78, 5) is 28.7. The molecule has 0 aliphatic heterocycles. The molecule has 0 saturated carbocycles. The fourth-order valence-electron chi connectivity index (χ4n) is 3.35. The number of para-hydroxylation sites is 1. The Hall–Kier alpha value is -4.39. The van der Waals surface area contributed by atoms with Crippen LogP contribution in [-0.2, 0) is 0 Å². The van der Waals surface area contributed by atoms with Gasteiger partial charge in [-0.1, -0.05) is 36.4 Å². The molecule has 0 spiro atoms. The Morgan fingerprint density at radius 3 is 2.48 bits per heavy atom. The standard InChI is InChI=1S/C26H22N2O5/c1-3-32-22-9-5-7-18-15-21(24(29)27-20-8-4-6-16(2)14-20)25(33-23(18)22)28-19-12-10-17(11-13-19)26(30)31/h4-15H,3H2,1-2H3,(H,27,29)(H,30,31)/p-1. The molecule has 7 nitrogen and oxygen atoms in total. The quantitative estimate of drug-likeness (QED) is 0.487. The van der Waals surface area contributed by atoms with Crippen molar-refractivity contribution in [1.29, 1.82) is 0 Å². The number of carboxylic acids is 1. The van der Waals surface area contributed by atoms with Crippen LogP contribution in [-0.4, -0.2) is 18.5 Å². The van der Waals surface area contributed by atoms with E-state index in [1.54, 1.807) is 18.2 Å². The molecule has 0 unspecified atom stereocenters. The second-order valence-corrected chi connectivity index (χ2v) is 7.34. The summed E-state index contributed by atoms with van der Waals surface area (Å²) < 4.78 is 11.7. The molecule has 1 amide bonds. The minimum absolute atomic E-state index is 0.0282. The van der Waals surface area contributed by atoms with Gasteiger partial charge in [-0.2, -0.15) is 0 Å². The average molecular weight is 441 g/mol. The molecule has 4 aromatic rings. The Morgan fingerprint density at radius 1 is 1.03 bits per heavy atom. The van der Waals surface area contributed by atoms with Crippen LogP contribution in [0, 0.1) is 6.92 Å². The molecule has 4 rings (SSSR count). The lowest BCUT2D eigenvalue weighted by Gasteiger charge is -2.10. The number of ether oxygens (including phenoxy) is 1. The van der Waals surface area contributed by atoms with Gasteiger partial charge in [0.15, 0.2) is 11.3 Å². The van der Waals surface area contributed by atoms with Crippen LogP contribution >= 0.6 is 0 Å². The number of nitrogens with one attached hydrogen (secondary N) is 1. The molecule has 0 aliphatic carbocycles. The molecule has 7 heteroatoms. The highest BCUT2D eigenvalue weighted by Gasteiger charge is 2.15. The highest BCUT2D eigenvalue weighted by molar-refractivity contribution is 6.05. The van der Waals surface area contributed by atoms with Crippen LogP contribution in [0.1, 0.15) is 33.2 Å². The Balaban J connectivity index is 1.86. The van der Waals surface area contributed by atoms with E-state index in [0.717, 1.165) is 5.56 Å². The normalized spacial score (nSPS) is 11.4. The Labute approximate surface area is 190 Å². The third kappa shape index (κ3) is 4.93. The second kappa shape index (κ2) is 9.40. The van der Waals surface area contributed by atoms with Crippen LogP contribution in [0.25, 0.3) is 11.0 Å². The Morgan fingerprint density at radius 2 is 1.79 bits per heavy atom. The number of anilines is 1. The van der Waals surface area contributed by atoms with Gasteiger partial charge in [0, 0.05) is 11.1 Å². The van der Waals surface area contributed by atoms with Gasteiger partial charge in [0.1, 0.15) is 5.56 Å². The lowest BCUT2D eigenvalue weighted by molar-refractivity contribution is -0.255. The van der Waals surface area contributed by atoms with Gasteiger partial charge in [-0.25, -0.2) is 4.99 Å². The third-order valence-corrected chi connectivity index (χ3v) is 4.89. The van der Waals surface area contributed by atoms with Crippen LogP contribution in [0.2, 0.25) is 0 Å². The largest absolute Gasteiger partial charge is 0.545 e. The summed E-state index contributed by atoms with van der Waals surface area (Å²) in [5, 5.41) is 14.6. The Kier molecular flexibility index (Phi) is 6.22. The first-order chi connectivity index (χ1) is 15.9. The maximum absolute atomic E-state index is 13.2. The zero-order valence-electron chi connectivity index (χ0n) is 18.1. The highest BCUT2D eigenvalue weighted by atomic mass is 16.5. The Bertz CT molecular complexity index is 1400. The number of nitrogens with zero attached hydrogens (tertiary/aromatic N) is 1. The van der Waals surface area contributed by atoms with Gasteiger partial charge in [0.05, 0.1) is 18.3 Å². The molecular weight excluding hydrogens is 420 g/mol. The molecule has 1 N–H and O–H groups in total. The van der Waals surface area contributed by atoms with Crippen molar-refractivity contribution in [3.05, 3.63) is 95.0 Å². The number of aryl methyl sites for hydroxylation is 1. The van der Waals surface area contributed by atoms with E-state index in [9.17, 15) is 14.7 Å². The summed E-state index contributed by atoms with van der Waals surface area (Å²) in [5.41, 5.74) is 2.85. The van der Waals surface area contributed by atoms with Gasteiger partial charge >= 0.3 is 0 Å². The zero-order chi connectivity index (χ0) is 23.4. The number of hydrogen-bond acceptors (Lipinski definition) is 6. The van der Waals surface area contributed by atoms with Gasteiger partial charge < -0.3 is 24.4 Å². The summed E-state index contributed by atoms with van der Waals surface area (Å²) in [5.74, 6) is -1.14. The predicted molar refractivity (Wildman–Crippen MR) is 123 cm³/mol. The van der Waals surface area contributed by atoms with Crippen LogP contribution in [0.3, 0.4) is 0 Å². The van der Waals surface area contributed by atoms with Gasteiger partial charge in [0.25, 0.3) is 5.91 Å². The van der Waals surface area contributed by atoms with Crippen LogP contribution in [0.4, 0.5) is 11.4 Å². The number of aromatic carboxylic acids is 1. The molecule has 166 valence electrons. The van der Waals surface area contributed by atoms with E-state index in [4.69, 9.17) is 9.15 Å². The monoisotopic (exact) mass is 441 g/mol. The molecular formula is C26H21N2O5-. The molecule has 0 saturated heterocycles. The molecule has 0 atom stereocenters. The van der Waals surface area contributed by atoms with E-state index in [1.807, 2.05) is 44.2 Å². The van der Waals surface area contributed by atoms with Crippen molar-refractivity contribution in [1.82, 2.24) is 0 Å². The first-order valence-corrected chi connectivity index (χ1v) is 10.4. The van der Waals surface area contributed by atoms with Crippen molar-refractivity contribution in [2.24, 2.45) is 4.99 Å². The molecule has 0 aliphatic rings. The van der Waals surface area contributed by atoms with E-state index in [2.05, 4.69) is 10.3 Å². The number of benzene rings is 3. The van der Waals surface area contributed by atoms with E-state index in [0.29, 0.717) is 34.7 Å². The fraction of sp³-hybridized carbons (Fsp3) is 0.115. The number of rotatable bonds is 6. The maximum Gasteiger partial charge on any atom is 0.261 e. The molecule has 0 radical (unpaired) electrons. The summed E-state index contributed by atoms with van der Waals surface area (Å²) in [6.07, 6.45) is 0. The summed E-state index contributed by atoms with van der Waals surface area (Å²) >= 11 is 0. The van der Waals surface area contributed by atoms with E-state index in [-0.39, 0.29) is 16.7 Å². The lowest BCUT2D eigenvalue weighted by Crippen LogP contribution is -2.22. The van der Waals surface area contributed by atoms with Gasteiger partial charge in [-0.15, -0.1) is 0 Å². The number of fused-ring (bicyclic) bond motifs is 1. The summed E-state index contributed by atoms with van der Waals surface area (Å²) in [6, 6.07) is 20.4. The molecule has 1 heterocycles. The first-order valence-electron chi connectivity index (χ1n) is 10.4. The summed E-state index contributed by atoms with van der Waals surface area (Å²) in [6.45, 7) is 4.25. The molecule has 1 aromatic heterocycles. The molecule has 33 heavy (non-hydrogen) atoms. The van der Waals surface area contributed by atoms with E-state index in [1.165, 1.54) is 24.3 Å². The van der Waals surface area contributed by atoms with E-state index < -0.39 is 11.9 Å². The topological polar surface area (TPSA) is 104 Å². The predicted octanol–water partition coefficient (Wildman–Crippen LogP) is 3.99. The third-order valence-electron chi connectivity index (χ3n) is 4.89. The highest BCUT2D eigenvalue weighted by Crippen LogP contribution is 2.26. The number of hydrogen-bond donors (Lipinski definition) is 1. The number of carbonyl (C=O) groups excluding carboxylic acids is 2. The first kappa shape index (κ1) is 21.8. The van der Waals surface area contributed by atoms with Gasteiger partial charge in [-0.05, 0) is 61.4 Å². The maximum atomic E-state index is 13.2. The lowest BCUT2D eigenvalue weighted by atomic mass is 10.1. The van der Waals surface area contributed by atoms with Crippen LogP contribution < -0.4 is 20.7 Å². The van der Waals surface area contributed by atoms with Crippen molar-refractivity contribution in [3.63, 3.8) is 0 Å². The smallest absolute Gasteiger partial charge is 0.261 e. The van der Waals surface area contributed by atoms with Crippen molar-refractivity contribution in [3.8, 4) is 5.75 Å². The number of carbonyl (C=O) groups is 2. The van der Waals surface area contributed by atoms with Crippen molar-refractivity contribution < 1.29 is 23.8 Å². The zero-order valence-corrected chi connectivity index (χ0v) is 18.1. The number of carboxylic acid groups (broad SMARTS) is 1. The van der Waals surface area contributed by atoms with Crippen molar-refractivity contribution in [2.75, 3.05) is 11.9 Å². The fourth-order valence-corrected chi connectivity index (χ4v) is 3.35.